The minimum atomic E-state index is -0.593. The number of anilines is 1. The summed E-state index contributed by atoms with van der Waals surface area (Å²) in [7, 11) is 0. The largest absolute Gasteiger partial charge is 0.352 e. The number of nitrogens with zero attached hydrogens (tertiary/aromatic N) is 3. The molecule has 3 rings (SSSR count). The standard InChI is InChI=1S/C17H12BrFN4O2/c18-12-9-15(23(24)25)17(21-10-12)22-16(14-6-1-2-7-20-14)11-4-3-5-13(19)8-11/h1-10,16H,(H,21,22). The first kappa shape index (κ1) is 17.0. The average molecular weight is 403 g/mol. The fraction of sp³-hybridized carbons (Fsp3) is 0.0588. The van der Waals surface area contributed by atoms with Crippen LogP contribution in [0.5, 0.6) is 0 Å². The van der Waals surface area contributed by atoms with E-state index in [0.717, 1.165) is 0 Å². The lowest BCUT2D eigenvalue weighted by molar-refractivity contribution is -0.384. The molecule has 0 amide bonds. The molecule has 8 heteroatoms. The quantitative estimate of drug-likeness (QED) is 0.502. The van der Waals surface area contributed by atoms with Crippen LogP contribution < -0.4 is 5.32 Å². The number of halogens is 2. The molecule has 0 spiro atoms. The van der Waals surface area contributed by atoms with Crippen molar-refractivity contribution in [1.29, 1.82) is 0 Å². The van der Waals surface area contributed by atoms with E-state index >= 15 is 0 Å². The molecule has 0 bridgehead atoms. The zero-order valence-electron chi connectivity index (χ0n) is 12.8. The van der Waals surface area contributed by atoms with E-state index in [1.54, 1.807) is 36.5 Å². The second-order valence-electron chi connectivity index (χ2n) is 5.17. The van der Waals surface area contributed by atoms with Gasteiger partial charge >= 0.3 is 5.69 Å². The summed E-state index contributed by atoms with van der Waals surface area (Å²) in [5.74, 6) is -0.327. The predicted molar refractivity (Wildman–Crippen MR) is 94.7 cm³/mol. The molecule has 0 aliphatic carbocycles. The molecule has 0 fully saturated rings. The van der Waals surface area contributed by atoms with E-state index in [1.807, 2.05) is 0 Å². The Morgan fingerprint density at radius 3 is 2.68 bits per heavy atom. The fourth-order valence-corrected chi connectivity index (χ4v) is 2.70. The van der Waals surface area contributed by atoms with Gasteiger partial charge in [-0.3, -0.25) is 15.1 Å². The van der Waals surface area contributed by atoms with Gasteiger partial charge in [0.25, 0.3) is 0 Å². The van der Waals surface area contributed by atoms with Crippen LogP contribution in [0.4, 0.5) is 15.9 Å². The summed E-state index contributed by atoms with van der Waals surface area (Å²) >= 11 is 3.17. The Kier molecular flexibility index (Phi) is 4.99. The zero-order chi connectivity index (χ0) is 17.8. The third-order valence-corrected chi connectivity index (χ3v) is 3.91. The Morgan fingerprint density at radius 1 is 1.16 bits per heavy atom. The van der Waals surface area contributed by atoms with Gasteiger partial charge in [-0.2, -0.15) is 0 Å². The molecule has 0 saturated carbocycles. The number of hydrogen-bond acceptors (Lipinski definition) is 5. The van der Waals surface area contributed by atoms with Gasteiger partial charge in [-0.25, -0.2) is 9.37 Å². The van der Waals surface area contributed by atoms with Crippen molar-refractivity contribution < 1.29 is 9.31 Å². The number of benzene rings is 1. The molecule has 0 saturated heterocycles. The van der Waals surface area contributed by atoms with Gasteiger partial charge in [-0.05, 0) is 45.8 Å². The van der Waals surface area contributed by atoms with Gasteiger partial charge in [0.1, 0.15) is 5.82 Å². The maximum atomic E-state index is 13.7. The third kappa shape index (κ3) is 3.97. The Morgan fingerprint density at radius 2 is 2.00 bits per heavy atom. The van der Waals surface area contributed by atoms with Crippen molar-refractivity contribution in [2.45, 2.75) is 6.04 Å². The van der Waals surface area contributed by atoms with Crippen LogP contribution in [0, 0.1) is 15.9 Å². The fourth-order valence-electron chi connectivity index (χ4n) is 2.38. The highest BCUT2D eigenvalue weighted by atomic mass is 79.9. The smallest absolute Gasteiger partial charge is 0.312 e. The number of nitrogens with one attached hydrogen (secondary N) is 1. The van der Waals surface area contributed by atoms with Crippen LogP contribution in [0.25, 0.3) is 0 Å². The maximum Gasteiger partial charge on any atom is 0.312 e. The summed E-state index contributed by atoms with van der Waals surface area (Å²) in [4.78, 5) is 19.2. The van der Waals surface area contributed by atoms with Crippen LogP contribution in [-0.4, -0.2) is 14.9 Å². The lowest BCUT2D eigenvalue weighted by Gasteiger charge is -2.19. The van der Waals surface area contributed by atoms with E-state index in [9.17, 15) is 14.5 Å². The van der Waals surface area contributed by atoms with Crippen molar-refractivity contribution in [2.75, 3.05) is 5.32 Å². The van der Waals surface area contributed by atoms with Gasteiger partial charge in [0.05, 0.1) is 16.7 Å². The van der Waals surface area contributed by atoms with Crippen LogP contribution >= 0.6 is 15.9 Å². The molecule has 126 valence electrons. The Hall–Kier alpha value is -2.87. The van der Waals surface area contributed by atoms with Gasteiger partial charge in [0.15, 0.2) is 0 Å². The van der Waals surface area contributed by atoms with Crippen molar-refractivity contribution in [3.05, 3.63) is 92.6 Å². The van der Waals surface area contributed by atoms with Crippen molar-refractivity contribution in [1.82, 2.24) is 9.97 Å². The van der Waals surface area contributed by atoms with Gasteiger partial charge in [0.2, 0.25) is 5.82 Å². The van der Waals surface area contributed by atoms with Gasteiger partial charge in [-0.15, -0.1) is 0 Å². The van der Waals surface area contributed by atoms with Crippen LogP contribution in [0.3, 0.4) is 0 Å². The summed E-state index contributed by atoms with van der Waals surface area (Å²) < 4.78 is 14.2. The first-order valence-electron chi connectivity index (χ1n) is 7.27. The van der Waals surface area contributed by atoms with Crippen LogP contribution in [0.15, 0.2) is 65.4 Å². The highest BCUT2D eigenvalue weighted by Crippen LogP contribution is 2.31. The molecule has 2 heterocycles. The summed E-state index contributed by atoms with van der Waals surface area (Å²) in [5, 5.41) is 14.3. The molecule has 3 aromatic rings. The van der Waals surface area contributed by atoms with E-state index in [0.29, 0.717) is 15.7 Å². The predicted octanol–water partition coefficient (Wildman–Crippen LogP) is 4.49. The minimum Gasteiger partial charge on any atom is -0.352 e. The molecule has 25 heavy (non-hydrogen) atoms. The Balaban J connectivity index is 2.06. The molecule has 2 aromatic heterocycles. The lowest BCUT2D eigenvalue weighted by Crippen LogP contribution is -2.16. The number of nitro groups is 1. The maximum absolute atomic E-state index is 13.7. The van der Waals surface area contributed by atoms with Crippen molar-refractivity contribution in [3.63, 3.8) is 0 Å². The van der Waals surface area contributed by atoms with E-state index in [2.05, 4.69) is 31.2 Å². The average Bonchev–Trinajstić information content (AvgIpc) is 2.61. The third-order valence-electron chi connectivity index (χ3n) is 3.48. The number of rotatable bonds is 5. The SMILES string of the molecule is O=[N+]([O-])c1cc(Br)cnc1NC(c1cccc(F)c1)c1ccccn1. The van der Waals surface area contributed by atoms with Crippen molar-refractivity contribution >= 4 is 27.4 Å². The highest BCUT2D eigenvalue weighted by Gasteiger charge is 2.22. The van der Waals surface area contributed by atoms with Crippen LogP contribution in [0.1, 0.15) is 17.3 Å². The summed E-state index contributed by atoms with van der Waals surface area (Å²) in [6.45, 7) is 0. The molecular formula is C17H12BrFN4O2. The molecule has 0 aliphatic heterocycles. The topological polar surface area (TPSA) is 81.0 Å². The first-order chi connectivity index (χ1) is 12.0. The summed E-state index contributed by atoms with van der Waals surface area (Å²) in [6, 6.07) is 12.1. The van der Waals surface area contributed by atoms with E-state index in [-0.39, 0.29) is 11.5 Å². The lowest BCUT2D eigenvalue weighted by atomic mass is 10.0. The second kappa shape index (κ2) is 7.35. The highest BCUT2D eigenvalue weighted by molar-refractivity contribution is 9.10. The van der Waals surface area contributed by atoms with Crippen molar-refractivity contribution in [3.8, 4) is 0 Å². The molecule has 1 N–H and O–H groups in total. The number of hydrogen-bond donors (Lipinski definition) is 1. The minimum absolute atomic E-state index is 0.0770. The summed E-state index contributed by atoms with van der Waals surface area (Å²) in [6.07, 6.45) is 3.06. The second-order valence-corrected chi connectivity index (χ2v) is 6.08. The van der Waals surface area contributed by atoms with E-state index in [4.69, 9.17) is 0 Å². The monoisotopic (exact) mass is 402 g/mol. The van der Waals surface area contributed by atoms with E-state index in [1.165, 1.54) is 24.4 Å². The van der Waals surface area contributed by atoms with Crippen molar-refractivity contribution in [2.24, 2.45) is 0 Å². The Labute approximate surface area is 151 Å². The van der Waals surface area contributed by atoms with Gasteiger partial charge < -0.3 is 5.32 Å². The molecular weight excluding hydrogens is 391 g/mol. The normalized spacial score (nSPS) is 11.8. The first-order valence-corrected chi connectivity index (χ1v) is 8.07. The zero-order valence-corrected chi connectivity index (χ0v) is 14.4. The van der Waals surface area contributed by atoms with Crippen LogP contribution in [-0.2, 0) is 0 Å². The molecule has 1 unspecified atom stereocenters. The van der Waals surface area contributed by atoms with E-state index < -0.39 is 16.8 Å². The Bertz CT molecular complexity index is 908. The number of aromatic nitrogens is 2. The summed E-state index contributed by atoms with van der Waals surface area (Å²) in [5.41, 5.74) is 0.983. The molecule has 1 atom stereocenters. The van der Waals surface area contributed by atoms with Gasteiger partial charge in [0, 0.05) is 22.9 Å². The van der Waals surface area contributed by atoms with Gasteiger partial charge in [-0.1, -0.05) is 18.2 Å². The molecule has 6 nitrogen and oxygen atoms in total. The molecule has 0 aliphatic rings. The molecule has 1 aromatic carbocycles. The number of pyridine rings is 2. The molecule has 0 radical (unpaired) electrons. The van der Waals surface area contributed by atoms with Crippen LogP contribution in [0.2, 0.25) is 0 Å².